The van der Waals surface area contributed by atoms with Crippen LogP contribution in [0.15, 0.2) is 96.5 Å². The average molecular weight is 921 g/mol. The number of aliphatic hydroxyl groups is 1. The number of aromatic nitrogens is 1. The first-order valence-electron chi connectivity index (χ1n) is 21.2. The molecule has 6 aromatic rings. The molecule has 3 atom stereocenters. The van der Waals surface area contributed by atoms with Crippen molar-refractivity contribution in [1.29, 1.82) is 0 Å². The number of thiophene rings is 1. The molecule has 14 nitrogen and oxygen atoms in total. The number of hydrogen-bond donors (Lipinski definition) is 5. The van der Waals surface area contributed by atoms with E-state index >= 15 is 0 Å². The van der Waals surface area contributed by atoms with Gasteiger partial charge in [0.15, 0.2) is 5.78 Å². The number of fused-ring (bicyclic) bond motifs is 1. The monoisotopic (exact) mass is 920 g/mol. The van der Waals surface area contributed by atoms with Crippen LogP contribution in [0, 0.1) is 12.3 Å². The number of nitrogens with one attached hydrogen (secondary N) is 2. The second-order valence-electron chi connectivity index (χ2n) is 16.8. The molecule has 65 heavy (non-hydrogen) atoms. The second kappa shape index (κ2) is 20.8. The molecule has 0 radical (unpaired) electrons. The Morgan fingerprint density at radius 1 is 0.846 bits per heavy atom. The van der Waals surface area contributed by atoms with Gasteiger partial charge < -0.3 is 45.1 Å². The summed E-state index contributed by atoms with van der Waals surface area (Å²) in [6.45, 7) is 8.04. The lowest BCUT2D eigenvalue weighted by molar-refractivity contribution is -0.144. The third kappa shape index (κ3) is 11.6. The van der Waals surface area contributed by atoms with Crippen LogP contribution < -0.4 is 15.4 Å². The highest BCUT2D eigenvalue weighted by Gasteiger charge is 2.44. The highest BCUT2D eigenvalue weighted by molar-refractivity contribution is 7.22. The lowest BCUT2D eigenvalue weighted by Crippen LogP contribution is -2.58. The van der Waals surface area contributed by atoms with Crippen molar-refractivity contribution in [3.8, 4) is 38.1 Å². The number of ketones is 1. The topological polar surface area (TPSA) is 197 Å². The van der Waals surface area contributed by atoms with E-state index in [1.54, 1.807) is 83.6 Å². The number of amides is 3. The Bertz CT molecular complexity index is 2620. The molecular formula is C49H52N4O10S2. The maximum atomic E-state index is 14.0. The Kier molecular flexibility index (Phi) is 15.0. The largest absolute Gasteiger partial charge is 0.508 e. The number of benzene rings is 4. The van der Waals surface area contributed by atoms with Gasteiger partial charge in [0.05, 0.1) is 42.0 Å². The van der Waals surface area contributed by atoms with E-state index < -0.39 is 35.4 Å². The normalized spacial score (nSPS) is 15.5. The Balaban J connectivity index is 0.832. The van der Waals surface area contributed by atoms with E-state index in [0.717, 1.165) is 42.2 Å². The lowest BCUT2D eigenvalue weighted by Gasteiger charge is -2.35. The minimum Gasteiger partial charge on any atom is -0.508 e. The number of nitrogens with zero attached hydrogens (tertiary/aromatic N) is 2. The summed E-state index contributed by atoms with van der Waals surface area (Å²) in [4.78, 5) is 61.7. The van der Waals surface area contributed by atoms with Crippen LogP contribution in [-0.4, -0.2) is 106 Å². The molecule has 0 bridgehead atoms. The molecule has 0 aliphatic carbocycles. The Morgan fingerprint density at radius 3 is 2.20 bits per heavy atom. The second-order valence-corrected chi connectivity index (χ2v) is 18.8. The minimum atomic E-state index is -0.989. The predicted octanol–water partition coefficient (Wildman–Crippen LogP) is 6.86. The van der Waals surface area contributed by atoms with Gasteiger partial charge in [-0.25, -0.2) is 4.98 Å². The van der Waals surface area contributed by atoms with Crippen molar-refractivity contribution in [1.82, 2.24) is 20.5 Å². The summed E-state index contributed by atoms with van der Waals surface area (Å²) in [6, 6.07) is 24.3. The molecule has 16 heteroatoms. The van der Waals surface area contributed by atoms with Crippen LogP contribution in [0.1, 0.15) is 54.4 Å². The van der Waals surface area contributed by atoms with E-state index in [4.69, 9.17) is 14.2 Å². The molecule has 1 aliphatic rings. The van der Waals surface area contributed by atoms with E-state index in [9.17, 15) is 34.5 Å². The number of phenolic OH excluding ortho intramolecular Hbond substituents is 2. The molecular weight excluding hydrogens is 869 g/mol. The summed E-state index contributed by atoms with van der Waals surface area (Å²) in [5.74, 6) is -0.784. The number of likely N-dealkylation sites (tertiary alicyclic amines) is 1. The van der Waals surface area contributed by atoms with Crippen LogP contribution in [0.3, 0.4) is 0 Å². The molecule has 1 aliphatic heterocycles. The van der Waals surface area contributed by atoms with Gasteiger partial charge >= 0.3 is 0 Å². The van der Waals surface area contributed by atoms with Gasteiger partial charge in [-0.3, -0.25) is 19.2 Å². The van der Waals surface area contributed by atoms with Crippen LogP contribution in [-0.2, 0) is 30.4 Å². The zero-order valence-corrected chi connectivity index (χ0v) is 38.2. The fourth-order valence-corrected chi connectivity index (χ4v) is 9.61. The van der Waals surface area contributed by atoms with Crippen molar-refractivity contribution >= 4 is 56.3 Å². The van der Waals surface area contributed by atoms with Gasteiger partial charge in [-0.1, -0.05) is 45.0 Å². The lowest BCUT2D eigenvalue weighted by atomic mass is 9.85. The third-order valence-corrected chi connectivity index (χ3v) is 13.1. The quantitative estimate of drug-likeness (QED) is 0.0446. The number of carbonyl (C=O) groups is 4. The van der Waals surface area contributed by atoms with Crippen molar-refractivity contribution in [3.63, 3.8) is 0 Å². The van der Waals surface area contributed by atoms with Gasteiger partial charge in [-0.2, -0.15) is 0 Å². The molecule has 3 heterocycles. The first-order valence-corrected chi connectivity index (χ1v) is 22.9. The van der Waals surface area contributed by atoms with Gasteiger partial charge in [0.2, 0.25) is 17.7 Å². The molecule has 2 aromatic heterocycles. The maximum Gasteiger partial charge on any atom is 0.246 e. The molecule has 7 rings (SSSR count). The summed E-state index contributed by atoms with van der Waals surface area (Å²) >= 11 is 2.96. The van der Waals surface area contributed by atoms with E-state index in [0.29, 0.717) is 16.9 Å². The number of aromatic hydroxyl groups is 2. The fraction of sp³-hybridized carbons (Fsp3) is 0.327. The number of β-amino-alcohol motifs (C(OH)–C–C–N with tert-alkyl or cyclic N) is 1. The standard InChI is InChI=1S/C49H52N4O10S2/c1-29-44(64-28-51-29)32-7-5-30(6-8-32)25-50-47(59)39-23-36(56)26-53(39)48(60)46(49(2,3)4)52-41(57)27-62-20-19-61-21-22-63-37-16-11-31(12-17-37)43(58)42-38-18-15-35(55)24-40(38)65-45(42)33-9-13-34(54)14-10-33/h5-18,24,28,36,39,46,54-56H,19-23,25-27H2,1-4H3,(H,50,59)(H,52,57)/t36-,39+,46?/m1/s1. The molecule has 1 unspecified atom stereocenters. The highest BCUT2D eigenvalue weighted by atomic mass is 32.1. The molecule has 1 saturated heterocycles. The van der Waals surface area contributed by atoms with Crippen LogP contribution in [0.25, 0.3) is 31.0 Å². The summed E-state index contributed by atoms with van der Waals surface area (Å²) in [6.07, 6.45) is -0.804. The molecule has 0 spiro atoms. The molecule has 340 valence electrons. The summed E-state index contributed by atoms with van der Waals surface area (Å²) in [5.41, 5.74) is 5.71. The number of rotatable bonds is 18. The molecule has 5 N–H and O–H groups in total. The molecule has 0 saturated carbocycles. The smallest absolute Gasteiger partial charge is 0.246 e. The molecule has 4 aromatic carbocycles. The number of carbonyl (C=O) groups excluding carboxylic acids is 4. The van der Waals surface area contributed by atoms with Crippen molar-refractivity contribution in [3.05, 3.63) is 119 Å². The first-order chi connectivity index (χ1) is 31.2. The van der Waals surface area contributed by atoms with E-state index in [-0.39, 0.29) is 75.7 Å². The van der Waals surface area contributed by atoms with Crippen molar-refractivity contribution in [2.75, 3.05) is 39.6 Å². The minimum absolute atomic E-state index is 0.0326. The van der Waals surface area contributed by atoms with Gasteiger partial charge in [0.1, 0.15) is 42.5 Å². The summed E-state index contributed by atoms with van der Waals surface area (Å²) in [5, 5.41) is 36.8. The fourth-order valence-electron chi connectivity index (χ4n) is 7.56. The molecule has 1 fully saturated rings. The number of hydrogen-bond acceptors (Lipinski definition) is 13. The zero-order chi connectivity index (χ0) is 46.3. The Morgan fingerprint density at radius 2 is 1.51 bits per heavy atom. The Hall–Kier alpha value is -6.17. The Labute approximate surface area is 384 Å². The van der Waals surface area contributed by atoms with Crippen molar-refractivity contribution < 1.29 is 48.7 Å². The van der Waals surface area contributed by atoms with Crippen molar-refractivity contribution in [2.45, 2.75) is 58.8 Å². The third-order valence-electron chi connectivity index (χ3n) is 11.0. The van der Waals surface area contributed by atoms with Crippen LogP contribution >= 0.6 is 22.7 Å². The predicted molar refractivity (Wildman–Crippen MR) is 249 cm³/mol. The van der Waals surface area contributed by atoms with Crippen LogP contribution in [0.2, 0.25) is 0 Å². The van der Waals surface area contributed by atoms with E-state index in [1.165, 1.54) is 16.2 Å². The number of aliphatic hydroxyl groups excluding tert-OH is 1. The zero-order valence-electron chi connectivity index (χ0n) is 36.5. The van der Waals surface area contributed by atoms with Gasteiger partial charge in [-0.05, 0) is 95.8 Å². The summed E-state index contributed by atoms with van der Waals surface area (Å²) in [7, 11) is 0. The number of ether oxygens (including phenoxy) is 3. The van der Waals surface area contributed by atoms with Gasteiger partial charge in [-0.15, -0.1) is 22.7 Å². The SMILES string of the molecule is Cc1ncsc1-c1ccc(CNC(=O)[C@@H]2C[C@@H](O)CN2C(=O)C(NC(=O)COCCOCCOc2ccc(C(=O)c3c(-c4ccc(O)cc4)sc4cc(O)ccc34)cc2)C(C)(C)C)cc1. The van der Waals surface area contributed by atoms with Gasteiger partial charge in [0, 0.05) is 45.6 Å². The van der Waals surface area contributed by atoms with E-state index in [1.807, 2.05) is 52.0 Å². The number of aryl methyl sites for hydroxylation is 1. The van der Waals surface area contributed by atoms with Crippen LogP contribution in [0.5, 0.6) is 17.2 Å². The maximum absolute atomic E-state index is 14.0. The summed E-state index contributed by atoms with van der Waals surface area (Å²) < 4.78 is 17.7. The highest BCUT2D eigenvalue weighted by Crippen LogP contribution is 2.41. The average Bonchev–Trinajstić information content (AvgIpc) is 4.01. The number of thiazole rings is 1. The van der Waals surface area contributed by atoms with Gasteiger partial charge in [0.25, 0.3) is 0 Å². The number of phenols is 2. The van der Waals surface area contributed by atoms with Crippen molar-refractivity contribution in [2.24, 2.45) is 5.41 Å². The van der Waals surface area contributed by atoms with Crippen LogP contribution in [0.4, 0.5) is 0 Å². The first kappa shape index (κ1) is 46.8. The van der Waals surface area contributed by atoms with E-state index in [2.05, 4.69) is 15.6 Å². The molecule has 3 amide bonds.